The summed E-state index contributed by atoms with van der Waals surface area (Å²) in [5, 5.41) is 3.21. The van der Waals surface area contributed by atoms with E-state index < -0.39 is 0 Å². The zero-order valence-electron chi connectivity index (χ0n) is 14.9. The zero-order valence-corrected chi connectivity index (χ0v) is 15.7. The van der Waals surface area contributed by atoms with Gasteiger partial charge in [-0.25, -0.2) is 9.97 Å². The number of hydrogen-bond acceptors (Lipinski definition) is 3. The first-order valence-corrected chi connectivity index (χ1v) is 8.88. The molecule has 0 aliphatic carbocycles. The third-order valence-corrected chi connectivity index (χ3v) is 4.50. The van der Waals surface area contributed by atoms with E-state index in [1.165, 1.54) is 0 Å². The van der Waals surface area contributed by atoms with Crippen molar-refractivity contribution in [2.24, 2.45) is 0 Å². The highest BCUT2D eigenvalue weighted by atomic mass is 35.5. The van der Waals surface area contributed by atoms with Crippen LogP contribution in [-0.2, 0) is 0 Å². The number of halogens is 1. The molecular weight excluding hydrogens is 360 g/mol. The van der Waals surface area contributed by atoms with E-state index in [2.05, 4.69) is 10.3 Å². The minimum Gasteiger partial charge on any atom is -0.320 e. The summed E-state index contributed by atoms with van der Waals surface area (Å²) in [5.41, 5.74) is 5.49. The number of hydrogen-bond donors (Lipinski definition) is 1. The molecule has 0 unspecified atom stereocenters. The fraction of sp³-hybridized carbons (Fsp3) is 0.0952. The third kappa shape index (κ3) is 3.41. The monoisotopic (exact) mass is 376 g/mol. The van der Waals surface area contributed by atoms with Gasteiger partial charge in [-0.15, -0.1) is 0 Å². The van der Waals surface area contributed by atoms with Crippen molar-refractivity contribution >= 4 is 28.8 Å². The van der Waals surface area contributed by atoms with E-state index >= 15 is 0 Å². The molecule has 27 heavy (non-hydrogen) atoms. The van der Waals surface area contributed by atoms with Crippen LogP contribution in [0.2, 0.25) is 5.15 Å². The van der Waals surface area contributed by atoms with Crippen LogP contribution in [0.15, 0.2) is 60.9 Å². The molecule has 0 aliphatic rings. The van der Waals surface area contributed by atoms with Crippen LogP contribution in [-0.4, -0.2) is 20.3 Å². The lowest BCUT2D eigenvalue weighted by atomic mass is 10.1. The second-order valence-electron chi connectivity index (χ2n) is 6.43. The number of benzene rings is 1. The van der Waals surface area contributed by atoms with Gasteiger partial charge in [0.15, 0.2) is 0 Å². The number of aromatic nitrogens is 3. The molecule has 1 amide bonds. The minimum atomic E-state index is -0.258. The smallest absolute Gasteiger partial charge is 0.274 e. The van der Waals surface area contributed by atoms with E-state index in [1.54, 1.807) is 18.3 Å². The first-order valence-electron chi connectivity index (χ1n) is 8.50. The van der Waals surface area contributed by atoms with E-state index in [1.807, 2.05) is 60.8 Å². The van der Waals surface area contributed by atoms with Gasteiger partial charge >= 0.3 is 0 Å². The average molecular weight is 377 g/mol. The SMILES string of the molecule is Cc1ccc(-c2nc3ccc(C)cn3c2C(=O)Nc2ccnc(Cl)c2)cc1. The number of fused-ring (bicyclic) bond motifs is 1. The molecule has 4 rings (SSSR count). The molecule has 3 heterocycles. The molecule has 0 aliphatic heterocycles. The molecule has 3 aromatic heterocycles. The number of nitrogens with zero attached hydrogens (tertiary/aromatic N) is 3. The number of rotatable bonds is 3. The van der Waals surface area contributed by atoms with Crippen molar-refractivity contribution in [3.63, 3.8) is 0 Å². The summed E-state index contributed by atoms with van der Waals surface area (Å²) in [6.07, 6.45) is 3.46. The first-order chi connectivity index (χ1) is 13.0. The Morgan fingerprint density at radius 3 is 2.52 bits per heavy atom. The third-order valence-electron chi connectivity index (χ3n) is 4.29. The van der Waals surface area contributed by atoms with E-state index in [0.717, 1.165) is 16.7 Å². The number of anilines is 1. The Hall–Kier alpha value is -3.18. The second kappa shape index (κ2) is 6.85. The maximum absolute atomic E-state index is 13.1. The Morgan fingerprint density at radius 1 is 1.04 bits per heavy atom. The Bertz CT molecular complexity index is 1150. The van der Waals surface area contributed by atoms with Gasteiger partial charge in [0.05, 0.1) is 0 Å². The first kappa shape index (κ1) is 17.2. The van der Waals surface area contributed by atoms with Crippen LogP contribution in [0, 0.1) is 13.8 Å². The number of carbonyl (C=O) groups excluding carboxylic acids is 1. The van der Waals surface area contributed by atoms with Crippen LogP contribution in [0.25, 0.3) is 16.9 Å². The van der Waals surface area contributed by atoms with Crippen LogP contribution in [0.1, 0.15) is 21.6 Å². The van der Waals surface area contributed by atoms with Crippen LogP contribution >= 0.6 is 11.6 Å². The molecule has 134 valence electrons. The fourth-order valence-corrected chi connectivity index (χ4v) is 3.12. The number of amides is 1. The molecule has 1 N–H and O–H groups in total. The van der Waals surface area contributed by atoms with Crippen molar-refractivity contribution < 1.29 is 4.79 Å². The molecule has 0 radical (unpaired) electrons. The molecule has 0 bridgehead atoms. The highest BCUT2D eigenvalue weighted by Gasteiger charge is 2.21. The van der Waals surface area contributed by atoms with Gasteiger partial charge in [-0.1, -0.05) is 47.5 Å². The standard InChI is InChI=1S/C21H17ClN4O/c1-13-3-6-15(7-4-13)19-20(26-12-14(2)5-8-18(26)25-19)21(27)24-16-9-10-23-17(22)11-16/h3-12H,1-2H3,(H,23,24,27). The van der Waals surface area contributed by atoms with E-state index in [-0.39, 0.29) is 5.91 Å². The van der Waals surface area contributed by atoms with Gasteiger partial charge in [-0.05, 0) is 37.6 Å². The molecule has 0 saturated heterocycles. The van der Waals surface area contributed by atoms with Gasteiger partial charge in [-0.2, -0.15) is 0 Å². The highest BCUT2D eigenvalue weighted by molar-refractivity contribution is 6.29. The summed E-state index contributed by atoms with van der Waals surface area (Å²) in [4.78, 5) is 21.8. The number of pyridine rings is 2. The largest absolute Gasteiger partial charge is 0.320 e. The molecule has 0 spiro atoms. The van der Waals surface area contributed by atoms with Crippen molar-refractivity contribution in [3.05, 3.63) is 82.9 Å². The minimum absolute atomic E-state index is 0.258. The summed E-state index contributed by atoms with van der Waals surface area (Å²) >= 11 is 5.93. The lowest BCUT2D eigenvalue weighted by Crippen LogP contribution is -2.15. The topological polar surface area (TPSA) is 59.3 Å². The van der Waals surface area contributed by atoms with Crippen LogP contribution in [0.4, 0.5) is 5.69 Å². The fourth-order valence-electron chi connectivity index (χ4n) is 2.95. The lowest BCUT2D eigenvalue weighted by Gasteiger charge is -2.08. The molecule has 0 atom stereocenters. The van der Waals surface area contributed by atoms with Gasteiger partial charge in [0.1, 0.15) is 22.2 Å². The van der Waals surface area contributed by atoms with Gasteiger partial charge in [0.2, 0.25) is 0 Å². The van der Waals surface area contributed by atoms with E-state index in [4.69, 9.17) is 16.6 Å². The van der Waals surface area contributed by atoms with Crippen molar-refractivity contribution in [2.75, 3.05) is 5.32 Å². The van der Waals surface area contributed by atoms with Crippen LogP contribution < -0.4 is 5.32 Å². The van der Waals surface area contributed by atoms with Gasteiger partial charge < -0.3 is 5.32 Å². The molecule has 6 heteroatoms. The van der Waals surface area contributed by atoms with E-state index in [9.17, 15) is 4.79 Å². The summed E-state index contributed by atoms with van der Waals surface area (Å²) in [6.45, 7) is 4.01. The van der Waals surface area contributed by atoms with Crippen molar-refractivity contribution in [1.29, 1.82) is 0 Å². The number of aryl methyl sites for hydroxylation is 2. The van der Waals surface area contributed by atoms with Gasteiger partial charge in [0, 0.05) is 23.6 Å². The molecule has 1 aromatic carbocycles. The van der Waals surface area contributed by atoms with E-state index in [0.29, 0.717) is 27.9 Å². The quantitative estimate of drug-likeness (QED) is 0.516. The van der Waals surface area contributed by atoms with Crippen LogP contribution in [0.3, 0.4) is 0 Å². The zero-order chi connectivity index (χ0) is 19.0. The normalized spacial score (nSPS) is 10.9. The number of imidazole rings is 1. The molecule has 5 nitrogen and oxygen atoms in total. The summed E-state index contributed by atoms with van der Waals surface area (Å²) in [7, 11) is 0. The number of nitrogens with one attached hydrogen (secondary N) is 1. The Balaban J connectivity index is 1.86. The van der Waals surface area contributed by atoms with Gasteiger partial charge in [-0.3, -0.25) is 9.20 Å². The summed E-state index contributed by atoms with van der Waals surface area (Å²) < 4.78 is 1.82. The van der Waals surface area contributed by atoms with Crippen molar-refractivity contribution in [1.82, 2.24) is 14.4 Å². The summed E-state index contributed by atoms with van der Waals surface area (Å²) in [5.74, 6) is -0.258. The molecular formula is C21H17ClN4O. The predicted molar refractivity (Wildman–Crippen MR) is 107 cm³/mol. The Labute approximate surface area is 161 Å². The predicted octanol–water partition coefficient (Wildman–Crippen LogP) is 4.92. The summed E-state index contributed by atoms with van der Waals surface area (Å²) in [6, 6.07) is 15.2. The van der Waals surface area contributed by atoms with Crippen molar-refractivity contribution in [2.45, 2.75) is 13.8 Å². The highest BCUT2D eigenvalue weighted by Crippen LogP contribution is 2.26. The Morgan fingerprint density at radius 2 is 1.78 bits per heavy atom. The Kier molecular flexibility index (Phi) is 4.38. The maximum atomic E-state index is 13.1. The lowest BCUT2D eigenvalue weighted by molar-refractivity contribution is 0.102. The number of carbonyl (C=O) groups is 1. The molecule has 0 saturated carbocycles. The molecule has 4 aromatic rings. The second-order valence-corrected chi connectivity index (χ2v) is 6.82. The van der Waals surface area contributed by atoms with Gasteiger partial charge in [0.25, 0.3) is 5.91 Å². The average Bonchev–Trinajstić information content (AvgIpc) is 3.01. The molecule has 0 fully saturated rings. The van der Waals surface area contributed by atoms with Crippen molar-refractivity contribution in [3.8, 4) is 11.3 Å². The maximum Gasteiger partial charge on any atom is 0.274 e. The van der Waals surface area contributed by atoms with Crippen LogP contribution in [0.5, 0.6) is 0 Å².